The molecule has 0 amide bonds. The maximum Gasteiger partial charge on any atom is 0.364 e. The van der Waals surface area contributed by atoms with Gasteiger partial charge in [-0.2, -0.15) is 8.42 Å². The van der Waals surface area contributed by atoms with Crippen LogP contribution >= 0.6 is 0 Å². The van der Waals surface area contributed by atoms with Crippen LogP contribution in [-0.2, 0) is 10.2 Å². The van der Waals surface area contributed by atoms with Crippen LogP contribution in [0.4, 0.5) is 0 Å². The molecule has 0 fully saturated rings. The lowest BCUT2D eigenvalue weighted by Gasteiger charge is -2.07. The SMILES string of the molecule is O=S1(=O)N=C(c2ccc3ccccc3c2)C(c2ccc3ccccc3c2)=N1. The molecule has 0 atom stereocenters. The molecular weight excluding hydrogens is 356 g/mol. The molecule has 0 aromatic heterocycles. The van der Waals surface area contributed by atoms with E-state index in [0.29, 0.717) is 11.4 Å². The molecule has 4 aromatic rings. The Bertz CT molecular complexity index is 1280. The van der Waals surface area contributed by atoms with Crippen LogP contribution in [0.25, 0.3) is 21.5 Å². The van der Waals surface area contributed by atoms with Gasteiger partial charge in [-0.25, -0.2) is 0 Å². The molecule has 4 nitrogen and oxygen atoms in total. The van der Waals surface area contributed by atoms with Gasteiger partial charge in [0.15, 0.2) is 0 Å². The van der Waals surface area contributed by atoms with Crippen molar-refractivity contribution in [2.75, 3.05) is 0 Å². The van der Waals surface area contributed by atoms with Crippen molar-refractivity contribution in [1.29, 1.82) is 0 Å². The van der Waals surface area contributed by atoms with Crippen molar-refractivity contribution in [1.82, 2.24) is 0 Å². The van der Waals surface area contributed by atoms with Crippen molar-refractivity contribution in [3.05, 3.63) is 96.1 Å². The minimum absolute atomic E-state index is 0.385. The van der Waals surface area contributed by atoms with Crippen LogP contribution in [0.5, 0.6) is 0 Å². The van der Waals surface area contributed by atoms with E-state index in [1.165, 1.54) is 0 Å². The van der Waals surface area contributed by atoms with Crippen molar-refractivity contribution in [3.63, 3.8) is 0 Å². The largest absolute Gasteiger partial charge is 0.364 e. The van der Waals surface area contributed by atoms with Gasteiger partial charge in [-0.05, 0) is 33.7 Å². The van der Waals surface area contributed by atoms with E-state index in [9.17, 15) is 8.42 Å². The van der Waals surface area contributed by atoms with E-state index < -0.39 is 10.2 Å². The summed E-state index contributed by atoms with van der Waals surface area (Å²) >= 11 is 0. The average Bonchev–Trinajstić information content (AvgIpc) is 3.03. The Kier molecular flexibility index (Phi) is 3.45. The Morgan fingerprint density at radius 1 is 0.519 bits per heavy atom. The number of hydrogen-bond donors (Lipinski definition) is 0. The van der Waals surface area contributed by atoms with Crippen molar-refractivity contribution in [2.24, 2.45) is 8.80 Å². The fourth-order valence-corrected chi connectivity index (χ4v) is 4.28. The molecule has 4 aromatic carbocycles. The van der Waals surface area contributed by atoms with Crippen LogP contribution in [0.15, 0.2) is 93.7 Å². The lowest BCUT2D eigenvalue weighted by Crippen LogP contribution is -2.14. The van der Waals surface area contributed by atoms with Gasteiger partial charge >= 0.3 is 10.2 Å². The van der Waals surface area contributed by atoms with Crippen LogP contribution in [0.3, 0.4) is 0 Å². The highest BCUT2D eigenvalue weighted by Gasteiger charge is 2.26. The van der Waals surface area contributed by atoms with E-state index in [4.69, 9.17) is 0 Å². The summed E-state index contributed by atoms with van der Waals surface area (Å²) in [6.07, 6.45) is 0. The quantitative estimate of drug-likeness (QED) is 0.520. The second kappa shape index (κ2) is 5.86. The third-order valence-electron chi connectivity index (χ3n) is 4.68. The molecule has 0 spiro atoms. The summed E-state index contributed by atoms with van der Waals surface area (Å²) in [7, 11) is -3.87. The number of benzene rings is 4. The van der Waals surface area contributed by atoms with Gasteiger partial charge in [-0.15, -0.1) is 8.80 Å². The molecule has 27 heavy (non-hydrogen) atoms. The average molecular weight is 370 g/mol. The van der Waals surface area contributed by atoms with Crippen molar-refractivity contribution >= 4 is 43.2 Å². The topological polar surface area (TPSA) is 58.9 Å². The Hall–Kier alpha value is -3.31. The Balaban J connectivity index is 1.68. The zero-order valence-corrected chi connectivity index (χ0v) is 15.0. The van der Waals surface area contributed by atoms with Gasteiger partial charge in [0.25, 0.3) is 0 Å². The highest BCUT2D eigenvalue weighted by molar-refractivity contribution is 7.89. The Morgan fingerprint density at radius 3 is 1.37 bits per heavy atom. The van der Waals surface area contributed by atoms with E-state index in [1.807, 2.05) is 84.9 Å². The summed E-state index contributed by atoms with van der Waals surface area (Å²) in [5.41, 5.74) is 2.25. The predicted molar refractivity (Wildman–Crippen MR) is 110 cm³/mol. The molecule has 0 aliphatic carbocycles. The summed E-state index contributed by atoms with van der Waals surface area (Å²) in [6, 6.07) is 27.5. The molecule has 130 valence electrons. The molecular formula is C22H14N2O2S. The summed E-state index contributed by atoms with van der Waals surface area (Å²) in [5.74, 6) is 0. The molecule has 0 saturated heterocycles. The van der Waals surface area contributed by atoms with Crippen molar-refractivity contribution in [2.45, 2.75) is 0 Å². The first-order valence-electron chi connectivity index (χ1n) is 8.53. The van der Waals surface area contributed by atoms with Gasteiger partial charge in [-0.1, -0.05) is 72.8 Å². The summed E-state index contributed by atoms with van der Waals surface area (Å²) in [4.78, 5) is 0. The standard InChI is InChI=1S/C22H14N2O2S/c25-27(26)23-21(19-11-9-15-5-1-3-7-17(15)13-19)22(24-27)20-12-10-16-6-2-4-8-18(16)14-20/h1-14H. The number of nitrogens with zero attached hydrogens (tertiary/aromatic N) is 2. The molecule has 1 heterocycles. The highest BCUT2D eigenvalue weighted by atomic mass is 32.2. The van der Waals surface area contributed by atoms with Gasteiger partial charge in [0.1, 0.15) is 11.4 Å². The molecule has 0 unspecified atom stereocenters. The Labute approximate surface area is 156 Å². The van der Waals surface area contributed by atoms with Crippen LogP contribution < -0.4 is 0 Å². The third-order valence-corrected chi connectivity index (χ3v) is 5.51. The van der Waals surface area contributed by atoms with E-state index in [2.05, 4.69) is 8.80 Å². The van der Waals surface area contributed by atoms with Crippen molar-refractivity contribution in [3.8, 4) is 0 Å². The highest BCUT2D eigenvalue weighted by Crippen LogP contribution is 2.24. The second-order valence-electron chi connectivity index (χ2n) is 6.45. The molecule has 1 aliphatic rings. The molecule has 5 heteroatoms. The number of rotatable bonds is 2. The first-order valence-corrected chi connectivity index (χ1v) is 9.92. The smallest absolute Gasteiger partial charge is 0.179 e. The maximum atomic E-state index is 12.2. The minimum atomic E-state index is -3.87. The fourth-order valence-electron chi connectivity index (χ4n) is 3.39. The Morgan fingerprint density at radius 2 is 0.926 bits per heavy atom. The molecule has 0 bridgehead atoms. The monoisotopic (exact) mass is 370 g/mol. The van der Waals surface area contributed by atoms with Crippen molar-refractivity contribution < 1.29 is 8.42 Å². The van der Waals surface area contributed by atoms with Crippen LogP contribution in [0.2, 0.25) is 0 Å². The summed E-state index contributed by atoms with van der Waals surface area (Å²) < 4.78 is 32.1. The number of fused-ring (bicyclic) bond motifs is 2. The lowest BCUT2D eigenvalue weighted by atomic mass is 9.96. The normalized spacial score (nSPS) is 15.7. The zero-order chi connectivity index (χ0) is 18.4. The second-order valence-corrected chi connectivity index (χ2v) is 7.71. The molecule has 0 N–H and O–H groups in total. The van der Waals surface area contributed by atoms with E-state index in [0.717, 1.165) is 32.7 Å². The van der Waals surface area contributed by atoms with Gasteiger partial charge in [0.05, 0.1) is 0 Å². The number of hydrogen-bond acceptors (Lipinski definition) is 2. The molecule has 1 aliphatic heterocycles. The van der Waals surface area contributed by atoms with Crippen LogP contribution in [0, 0.1) is 0 Å². The van der Waals surface area contributed by atoms with Gasteiger partial charge < -0.3 is 0 Å². The first-order chi connectivity index (χ1) is 13.1. The minimum Gasteiger partial charge on any atom is -0.179 e. The summed E-state index contributed by atoms with van der Waals surface area (Å²) in [6.45, 7) is 0. The molecule has 0 radical (unpaired) electrons. The zero-order valence-electron chi connectivity index (χ0n) is 14.2. The first kappa shape index (κ1) is 15.9. The van der Waals surface area contributed by atoms with Gasteiger partial charge in [0, 0.05) is 11.1 Å². The van der Waals surface area contributed by atoms with Crippen LogP contribution in [-0.4, -0.2) is 19.8 Å². The fraction of sp³-hybridized carbons (Fsp3) is 0. The van der Waals surface area contributed by atoms with Gasteiger partial charge in [0.2, 0.25) is 0 Å². The summed E-state index contributed by atoms with van der Waals surface area (Å²) in [5, 5.41) is 4.23. The lowest BCUT2D eigenvalue weighted by molar-refractivity contribution is 0.601. The van der Waals surface area contributed by atoms with E-state index >= 15 is 0 Å². The molecule has 0 saturated carbocycles. The maximum absolute atomic E-state index is 12.2. The van der Waals surface area contributed by atoms with E-state index in [-0.39, 0.29) is 0 Å². The predicted octanol–water partition coefficient (Wildman–Crippen LogP) is 4.53. The van der Waals surface area contributed by atoms with Crippen LogP contribution in [0.1, 0.15) is 11.1 Å². The van der Waals surface area contributed by atoms with Gasteiger partial charge in [-0.3, -0.25) is 0 Å². The van der Waals surface area contributed by atoms with E-state index in [1.54, 1.807) is 0 Å². The molecule has 5 rings (SSSR count). The third kappa shape index (κ3) is 2.82.